The summed E-state index contributed by atoms with van der Waals surface area (Å²) in [6, 6.07) is 0. The van der Waals surface area contributed by atoms with Crippen molar-refractivity contribution >= 4 is 23.2 Å². The second-order valence-electron chi connectivity index (χ2n) is 1.34. The molecule has 0 aromatic rings. The topological polar surface area (TPSA) is 0 Å². The average molecular weight is 151 g/mol. The zero-order valence-corrected chi connectivity index (χ0v) is 6.21. The van der Waals surface area contributed by atoms with Gasteiger partial charge in [-0.2, -0.15) is 0 Å². The van der Waals surface area contributed by atoms with Crippen LogP contribution in [-0.4, -0.2) is 5.88 Å². The van der Waals surface area contributed by atoms with Gasteiger partial charge in [0.15, 0.2) is 0 Å². The molecule has 0 nitrogen and oxygen atoms in total. The number of allylic oxidation sites excluding steroid dienone is 4. The summed E-state index contributed by atoms with van der Waals surface area (Å²) in [5, 5.41) is 0.770. The minimum Gasteiger partial charge on any atom is -0.122 e. The van der Waals surface area contributed by atoms with Gasteiger partial charge in [-0.15, -0.1) is 11.6 Å². The molecule has 0 aromatic heterocycles. The van der Waals surface area contributed by atoms with Gasteiger partial charge in [0.05, 0.1) is 0 Å². The molecule has 0 spiro atoms. The first kappa shape index (κ1) is 8.06. The van der Waals surface area contributed by atoms with E-state index < -0.39 is 0 Å². The lowest BCUT2D eigenvalue weighted by Gasteiger charge is -1.76. The van der Waals surface area contributed by atoms with Gasteiger partial charge in [0.25, 0.3) is 0 Å². The molecular formula is C6H8Cl2. The minimum atomic E-state index is 0.542. The molecule has 0 aliphatic carbocycles. The third kappa shape index (κ3) is 6.06. The Bertz CT molecular complexity index is 99.1. The molecular weight excluding hydrogens is 143 g/mol. The lowest BCUT2D eigenvalue weighted by molar-refractivity contribution is 1.64. The van der Waals surface area contributed by atoms with Crippen LogP contribution in [0, 0.1) is 0 Å². The van der Waals surface area contributed by atoms with Crippen LogP contribution >= 0.6 is 23.2 Å². The summed E-state index contributed by atoms with van der Waals surface area (Å²) in [6.07, 6.45) is 5.45. The van der Waals surface area contributed by atoms with Gasteiger partial charge in [-0.05, 0) is 13.0 Å². The average Bonchev–Trinajstić information content (AvgIpc) is 1.66. The Labute approximate surface area is 59.8 Å². The highest BCUT2D eigenvalue weighted by atomic mass is 35.5. The van der Waals surface area contributed by atoms with Crippen LogP contribution in [0.5, 0.6) is 0 Å². The molecule has 0 saturated carbocycles. The second-order valence-corrected chi connectivity index (χ2v) is 2.24. The monoisotopic (exact) mass is 150 g/mol. The number of alkyl halides is 1. The van der Waals surface area contributed by atoms with E-state index in [9.17, 15) is 0 Å². The normalized spacial score (nSPS) is 13.1. The van der Waals surface area contributed by atoms with E-state index >= 15 is 0 Å². The lowest BCUT2D eigenvalue weighted by Crippen LogP contribution is -1.58. The Morgan fingerprint density at radius 2 is 2.25 bits per heavy atom. The van der Waals surface area contributed by atoms with E-state index in [-0.39, 0.29) is 0 Å². The quantitative estimate of drug-likeness (QED) is 0.420. The van der Waals surface area contributed by atoms with Crippen LogP contribution < -0.4 is 0 Å². The summed E-state index contributed by atoms with van der Waals surface area (Å²) in [5.41, 5.74) is 0. The number of hydrogen-bond donors (Lipinski definition) is 0. The van der Waals surface area contributed by atoms with E-state index in [4.69, 9.17) is 23.2 Å². The molecule has 0 N–H and O–H groups in total. The molecule has 46 valence electrons. The Balaban J connectivity index is 3.42. The van der Waals surface area contributed by atoms with Crippen molar-refractivity contribution in [3.63, 3.8) is 0 Å². The highest BCUT2D eigenvalue weighted by Gasteiger charge is 1.71. The Hall–Kier alpha value is 0.0600. The number of hydrogen-bond acceptors (Lipinski definition) is 0. The van der Waals surface area contributed by atoms with Crippen LogP contribution in [0.2, 0.25) is 0 Å². The predicted molar refractivity (Wildman–Crippen MR) is 39.5 cm³/mol. The standard InChI is InChI=1S/C6H8Cl2/c1-6(8)4-2-3-5-7/h2-4H,5H2,1H3/b3-2+,6-4-. The summed E-state index contributed by atoms with van der Waals surface area (Å²) >= 11 is 10.8. The molecule has 0 atom stereocenters. The van der Waals surface area contributed by atoms with Crippen molar-refractivity contribution in [2.24, 2.45) is 0 Å². The molecule has 0 unspecified atom stereocenters. The van der Waals surface area contributed by atoms with Crippen molar-refractivity contribution in [2.45, 2.75) is 6.92 Å². The molecule has 8 heavy (non-hydrogen) atoms. The van der Waals surface area contributed by atoms with E-state index in [1.165, 1.54) is 0 Å². The van der Waals surface area contributed by atoms with E-state index in [1.54, 1.807) is 6.08 Å². The van der Waals surface area contributed by atoms with E-state index in [0.29, 0.717) is 5.88 Å². The first-order valence-electron chi connectivity index (χ1n) is 2.32. The van der Waals surface area contributed by atoms with Gasteiger partial charge < -0.3 is 0 Å². The van der Waals surface area contributed by atoms with Crippen LogP contribution in [-0.2, 0) is 0 Å². The molecule has 2 heteroatoms. The minimum absolute atomic E-state index is 0.542. The fraction of sp³-hybridized carbons (Fsp3) is 0.333. The van der Waals surface area contributed by atoms with Crippen molar-refractivity contribution in [1.29, 1.82) is 0 Å². The van der Waals surface area contributed by atoms with Gasteiger partial charge in [0.1, 0.15) is 0 Å². The second kappa shape index (κ2) is 5.20. The molecule has 0 saturated heterocycles. The zero-order chi connectivity index (χ0) is 6.41. The highest BCUT2D eigenvalue weighted by molar-refractivity contribution is 6.29. The van der Waals surface area contributed by atoms with Crippen LogP contribution in [0.4, 0.5) is 0 Å². The molecule has 0 radical (unpaired) electrons. The zero-order valence-electron chi connectivity index (χ0n) is 4.70. The summed E-state index contributed by atoms with van der Waals surface area (Å²) in [4.78, 5) is 0. The molecule has 0 aliphatic rings. The number of rotatable bonds is 2. The summed E-state index contributed by atoms with van der Waals surface area (Å²) in [5.74, 6) is 0.542. The van der Waals surface area contributed by atoms with Crippen LogP contribution in [0.15, 0.2) is 23.3 Å². The number of halogens is 2. The maximum absolute atomic E-state index is 5.48. The molecule has 0 fully saturated rings. The lowest BCUT2D eigenvalue weighted by atomic mass is 10.5. The van der Waals surface area contributed by atoms with Crippen LogP contribution in [0.25, 0.3) is 0 Å². The Morgan fingerprint density at radius 3 is 2.62 bits per heavy atom. The van der Waals surface area contributed by atoms with Gasteiger partial charge in [-0.25, -0.2) is 0 Å². The SMILES string of the molecule is C/C(Cl)=C/C=C/CCl. The first-order valence-corrected chi connectivity index (χ1v) is 3.23. The first-order chi connectivity index (χ1) is 3.77. The maximum atomic E-state index is 5.48. The van der Waals surface area contributed by atoms with Gasteiger partial charge >= 0.3 is 0 Å². The fourth-order valence-electron chi connectivity index (χ4n) is 0.252. The largest absolute Gasteiger partial charge is 0.122 e. The van der Waals surface area contributed by atoms with E-state index in [2.05, 4.69) is 0 Å². The summed E-state index contributed by atoms with van der Waals surface area (Å²) in [7, 11) is 0. The van der Waals surface area contributed by atoms with Crippen molar-refractivity contribution in [3.05, 3.63) is 23.3 Å². The summed E-state index contributed by atoms with van der Waals surface area (Å²) in [6.45, 7) is 1.82. The van der Waals surface area contributed by atoms with E-state index in [0.717, 1.165) is 5.03 Å². The van der Waals surface area contributed by atoms with Gasteiger partial charge in [0.2, 0.25) is 0 Å². The predicted octanol–water partition coefficient (Wildman–Crippen LogP) is 2.92. The van der Waals surface area contributed by atoms with Crippen molar-refractivity contribution in [1.82, 2.24) is 0 Å². The molecule has 0 bridgehead atoms. The highest BCUT2D eigenvalue weighted by Crippen LogP contribution is 1.97. The third-order valence-corrected chi connectivity index (χ3v) is 0.855. The van der Waals surface area contributed by atoms with Crippen LogP contribution in [0.3, 0.4) is 0 Å². The van der Waals surface area contributed by atoms with Crippen LogP contribution in [0.1, 0.15) is 6.92 Å². The molecule has 0 aliphatic heterocycles. The molecule has 0 amide bonds. The van der Waals surface area contributed by atoms with Crippen molar-refractivity contribution in [2.75, 3.05) is 5.88 Å². The third-order valence-electron chi connectivity index (χ3n) is 0.551. The molecule has 0 aromatic carbocycles. The molecule has 0 rings (SSSR count). The van der Waals surface area contributed by atoms with Crippen molar-refractivity contribution < 1.29 is 0 Å². The van der Waals surface area contributed by atoms with E-state index in [1.807, 2.05) is 19.1 Å². The van der Waals surface area contributed by atoms with Gasteiger partial charge in [0, 0.05) is 10.9 Å². The van der Waals surface area contributed by atoms with Gasteiger partial charge in [-0.3, -0.25) is 0 Å². The Kier molecular flexibility index (Phi) is 5.24. The van der Waals surface area contributed by atoms with Crippen molar-refractivity contribution in [3.8, 4) is 0 Å². The maximum Gasteiger partial charge on any atom is 0.0407 e. The molecule has 0 heterocycles. The smallest absolute Gasteiger partial charge is 0.0407 e. The fourth-order valence-corrected chi connectivity index (χ4v) is 0.428. The summed E-state index contributed by atoms with van der Waals surface area (Å²) < 4.78 is 0. The Morgan fingerprint density at radius 1 is 1.62 bits per heavy atom. The van der Waals surface area contributed by atoms with Gasteiger partial charge in [-0.1, -0.05) is 23.8 Å².